The third kappa shape index (κ3) is 2.91. The Morgan fingerprint density at radius 2 is 1.76 bits per heavy atom. The van der Waals surface area contributed by atoms with Gasteiger partial charge in [0.05, 0.1) is 11.0 Å². The maximum absolute atomic E-state index is 11.3. The Hall–Kier alpha value is -3.50. The van der Waals surface area contributed by atoms with Crippen LogP contribution in [0.2, 0.25) is 0 Å². The number of hydrogen-bond donors (Lipinski definition) is 2. The lowest BCUT2D eigenvalue weighted by molar-refractivity contribution is -0.402. The van der Waals surface area contributed by atoms with Gasteiger partial charge in [-0.2, -0.15) is 0 Å². The number of aromatic amines is 2. The van der Waals surface area contributed by atoms with E-state index in [4.69, 9.17) is 4.42 Å². The molecule has 2 heterocycles. The number of furan rings is 1. The standard InChI is InChI=1S/C10H6N4O7/c15-9-8(14(19)20)6(11-10(16)12-9)3-1-5-2-4-7(21-5)13(17)18/h1-4H,(H2,11,12,15,16)/b3-1+. The minimum Gasteiger partial charge on any atom is -0.401 e. The summed E-state index contributed by atoms with van der Waals surface area (Å²) in [6.07, 6.45) is 2.18. The van der Waals surface area contributed by atoms with Gasteiger partial charge in [-0.15, -0.1) is 0 Å². The van der Waals surface area contributed by atoms with Crippen LogP contribution in [0.15, 0.2) is 26.1 Å². The van der Waals surface area contributed by atoms with Gasteiger partial charge in [0.25, 0.3) is 0 Å². The van der Waals surface area contributed by atoms with Gasteiger partial charge in [-0.1, -0.05) is 0 Å². The molecular formula is C10H6N4O7. The molecule has 108 valence electrons. The van der Waals surface area contributed by atoms with Crippen LogP contribution in [0.25, 0.3) is 12.2 Å². The van der Waals surface area contributed by atoms with E-state index in [1.54, 1.807) is 4.98 Å². The van der Waals surface area contributed by atoms with Crippen LogP contribution in [0.3, 0.4) is 0 Å². The molecule has 2 N–H and O–H groups in total. The molecule has 2 rings (SSSR count). The van der Waals surface area contributed by atoms with Crippen LogP contribution in [-0.4, -0.2) is 19.8 Å². The third-order valence-electron chi connectivity index (χ3n) is 2.33. The Bertz CT molecular complexity index is 857. The van der Waals surface area contributed by atoms with Gasteiger partial charge in [0.1, 0.15) is 16.4 Å². The summed E-state index contributed by atoms with van der Waals surface area (Å²) in [5, 5.41) is 21.2. The zero-order chi connectivity index (χ0) is 15.6. The van der Waals surface area contributed by atoms with Crippen molar-refractivity contribution in [2.24, 2.45) is 0 Å². The average molecular weight is 294 g/mol. The predicted octanol–water partition coefficient (Wildman–Crippen LogP) is 0.643. The van der Waals surface area contributed by atoms with Crippen LogP contribution in [0.5, 0.6) is 0 Å². The maximum Gasteiger partial charge on any atom is 0.433 e. The van der Waals surface area contributed by atoms with Crippen LogP contribution in [0.1, 0.15) is 11.5 Å². The second-order valence-corrected chi connectivity index (χ2v) is 3.69. The van der Waals surface area contributed by atoms with Crippen molar-refractivity contribution in [2.75, 3.05) is 0 Å². The fourth-order valence-electron chi connectivity index (χ4n) is 1.49. The molecule has 2 aromatic rings. The highest BCUT2D eigenvalue weighted by atomic mass is 16.6. The van der Waals surface area contributed by atoms with E-state index in [-0.39, 0.29) is 11.5 Å². The van der Waals surface area contributed by atoms with E-state index in [2.05, 4.69) is 4.98 Å². The van der Waals surface area contributed by atoms with Crippen LogP contribution >= 0.6 is 0 Å². The largest absolute Gasteiger partial charge is 0.433 e. The number of nitrogens with one attached hydrogen (secondary N) is 2. The Morgan fingerprint density at radius 1 is 1.05 bits per heavy atom. The van der Waals surface area contributed by atoms with E-state index in [0.717, 1.165) is 18.2 Å². The molecule has 0 aromatic carbocycles. The van der Waals surface area contributed by atoms with Gasteiger partial charge in [0, 0.05) is 0 Å². The highest BCUT2D eigenvalue weighted by Crippen LogP contribution is 2.18. The zero-order valence-electron chi connectivity index (χ0n) is 10.1. The number of H-pyrrole nitrogens is 2. The van der Waals surface area contributed by atoms with Crippen molar-refractivity contribution in [3.8, 4) is 0 Å². The van der Waals surface area contributed by atoms with Crippen LogP contribution in [0, 0.1) is 20.2 Å². The molecule has 0 amide bonds. The molecular weight excluding hydrogens is 288 g/mol. The lowest BCUT2D eigenvalue weighted by atomic mass is 10.3. The molecule has 0 unspecified atom stereocenters. The van der Waals surface area contributed by atoms with E-state index >= 15 is 0 Å². The Labute approximate surface area is 113 Å². The van der Waals surface area contributed by atoms with E-state index in [1.807, 2.05) is 0 Å². The first-order valence-corrected chi connectivity index (χ1v) is 5.32. The second-order valence-electron chi connectivity index (χ2n) is 3.69. The third-order valence-corrected chi connectivity index (χ3v) is 2.33. The van der Waals surface area contributed by atoms with Crippen molar-refractivity contribution in [1.82, 2.24) is 9.97 Å². The smallest absolute Gasteiger partial charge is 0.401 e. The topological polar surface area (TPSA) is 165 Å². The summed E-state index contributed by atoms with van der Waals surface area (Å²) >= 11 is 0. The van der Waals surface area contributed by atoms with Crippen LogP contribution in [0.4, 0.5) is 11.6 Å². The molecule has 0 saturated carbocycles. The fraction of sp³-hybridized carbons (Fsp3) is 0. The van der Waals surface area contributed by atoms with Gasteiger partial charge in [0.15, 0.2) is 0 Å². The lowest BCUT2D eigenvalue weighted by Crippen LogP contribution is -2.25. The Morgan fingerprint density at radius 3 is 2.33 bits per heavy atom. The van der Waals surface area contributed by atoms with Gasteiger partial charge in [-0.3, -0.25) is 30.0 Å². The number of rotatable bonds is 4. The van der Waals surface area contributed by atoms with Crippen molar-refractivity contribution in [3.63, 3.8) is 0 Å². The first kappa shape index (κ1) is 13.9. The summed E-state index contributed by atoms with van der Waals surface area (Å²) in [6, 6.07) is 2.35. The SMILES string of the molecule is O=c1[nH]c(/C=C/c2ccc([N+](=O)[O-])o2)c([N+](=O)[O-])c(=O)[nH]1. The minimum absolute atomic E-state index is 0.0251. The molecule has 0 aliphatic rings. The molecule has 11 heteroatoms. The molecule has 0 aliphatic heterocycles. The van der Waals surface area contributed by atoms with E-state index in [0.29, 0.717) is 0 Å². The Kier molecular flexibility index (Phi) is 3.47. The molecule has 0 spiro atoms. The van der Waals surface area contributed by atoms with Crippen LogP contribution in [-0.2, 0) is 0 Å². The lowest BCUT2D eigenvalue weighted by Gasteiger charge is -1.95. The van der Waals surface area contributed by atoms with E-state index in [9.17, 15) is 29.8 Å². The van der Waals surface area contributed by atoms with E-state index < -0.39 is 32.7 Å². The summed E-state index contributed by atoms with van der Waals surface area (Å²) < 4.78 is 4.79. The van der Waals surface area contributed by atoms with Crippen molar-refractivity contribution < 1.29 is 14.3 Å². The molecule has 0 saturated heterocycles. The number of nitrogens with zero attached hydrogens (tertiary/aromatic N) is 2. The summed E-state index contributed by atoms with van der Waals surface area (Å²) in [6.45, 7) is 0. The highest BCUT2D eigenvalue weighted by molar-refractivity contribution is 5.69. The van der Waals surface area contributed by atoms with Crippen LogP contribution < -0.4 is 11.2 Å². The van der Waals surface area contributed by atoms with Gasteiger partial charge in [0.2, 0.25) is 0 Å². The van der Waals surface area contributed by atoms with Gasteiger partial charge in [-0.25, -0.2) is 4.79 Å². The van der Waals surface area contributed by atoms with E-state index in [1.165, 1.54) is 6.07 Å². The monoisotopic (exact) mass is 294 g/mol. The molecule has 0 aliphatic carbocycles. The number of aromatic nitrogens is 2. The molecule has 21 heavy (non-hydrogen) atoms. The minimum atomic E-state index is -1.16. The molecule has 0 radical (unpaired) electrons. The number of hydrogen-bond acceptors (Lipinski definition) is 7. The molecule has 0 atom stereocenters. The first-order valence-electron chi connectivity index (χ1n) is 5.32. The Balaban J connectivity index is 2.45. The van der Waals surface area contributed by atoms with Crippen molar-refractivity contribution in [2.45, 2.75) is 0 Å². The van der Waals surface area contributed by atoms with Gasteiger partial charge < -0.3 is 9.40 Å². The zero-order valence-corrected chi connectivity index (χ0v) is 10.1. The number of nitro groups is 2. The summed E-state index contributed by atoms with van der Waals surface area (Å²) in [5.74, 6) is -0.485. The second kappa shape index (κ2) is 5.24. The maximum atomic E-state index is 11.3. The quantitative estimate of drug-likeness (QED) is 0.616. The highest BCUT2D eigenvalue weighted by Gasteiger charge is 2.19. The fourth-order valence-corrected chi connectivity index (χ4v) is 1.49. The summed E-state index contributed by atoms with van der Waals surface area (Å²) in [5.41, 5.74) is -3.29. The van der Waals surface area contributed by atoms with Crippen molar-refractivity contribution in [1.29, 1.82) is 0 Å². The summed E-state index contributed by atoms with van der Waals surface area (Å²) in [7, 11) is 0. The van der Waals surface area contributed by atoms with Crippen molar-refractivity contribution >= 4 is 23.7 Å². The molecule has 0 fully saturated rings. The normalized spacial score (nSPS) is 10.9. The van der Waals surface area contributed by atoms with Gasteiger partial charge >= 0.3 is 22.8 Å². The predicted molar refractivity (Wildman–Crippen MR) is 68.6 cm³/mol. The van der Waals surface area contributed by atoms with Crippen molar-refractivity contribution in [3.05, 3.63) is 64.7 Å². The molecule has 0 bridgehead atoms. The first-order chi connectivity index (χ1) is 9.88. The van der Waals surface area contributed by atoms with Gasteiger partial charge in [-0.05, 0) is 18.2 Å². The molecule has 2 aromatic heterocycles. The molecule has 11 nitrogen and oxygen atoms in total. The average Bonchev–Trinajstić information content (AvgIpc) is 2.83. The summed E-state index contributed by atoms with van der Waals surface area (Å²) in [4.78, 5) is 45.7.